The van der Waals surface area contributed by atoms with Crippen molar-refractivity contribution >= 4 is 28.9 Å². The Morgan fingerprint density at radius 3 is 2.59 bits per heavy atom. The Bertz CT molecular complexity index is 746. The second-order valence-electron chi connectivity index (χ2n) is 6.77. The molecule has 0 radical (unpaired) electrons. The summed E-state index contributed by atoms with van der Waals surface area (Å²) < 4.78 is 5.64. The maximum Gasteiger partial charge on any atom is 0.224 e. The summed E-state index contributed by atoms with van der Waals surface area (Å²) in [6, 6.07) is 15.3. The topological polar surface area (TPSA) is 44.8 Å². The second-order valence-corrected chi connectivity index (χ2v) is 7.20. The number of carbonyl (C=O) groups is 1. The molecule has 0 unspecified atom stereocenters. The van der Waals surface area contributed by atoms with Crippen LogP contribution in [0.1, 0.15) is 12.8 Å². The first kappa shape index (κ1) is 19.5. The van der Waals surface area contributed by atoms with Crippen LogP contribution in [0.15, 0.2) is 48.5 Å². The molecule has 1 aliphatic rings. The number of amides is 1. The zero-order chi connectivity index (χ0) is 19.1. The highest BCUT2D eigenvalue weighted by Gasteiger charge is 2.18. The van der Waals surface area contributed by atoms with Crippen LogP contribution < -0.4 is 15.0 Å². The van der Waals surface area contributed by atoms with Crippen LogP contribution in [-0.4, -0.2) is 50.6 Å². The maximum absolute atomic E-state index is 12.4. The van der Waals surface area contributed by atoms with E-state index in [9.17, 15) is 4.79 Å². The minimum Gasteiger partial charge on any atom is -0.494 e. The fraction of sp³-hybridized carbons (Fsp3) is 0.381. The van der Waals surface area contributed by atoms with Gasteiger partial charge in [0.2, 0.25) is 5.91 Å². The van der Waals surface area contributed by atoms with E-state index in [0.717, 1.165) is 43.3 Å². The van der Waals surface area contributed by atoms with Gasteiger partial charge in [0.1, 0.15) is 5.75 Å². The Kier molecular flexibility index (Phi) is 6.96. The number of benzene rings is 2. The maximum atomic E-state index is 12.4. The lowest BCUT2D eigenvalue weighted by Crippen LogP contribution is -2.44. The number of nitrogens with one attached hydrogen (secondary N) is 1. The van der Waals surface area contributed by atoms with Crippen molar-refractivity contribution in [1.82, 2.24) is 4.90 Å². The molecule has 1 aliphatic heterocycles. The van der Waals surface area contributed by atoms with Gasteiger partial charge < -0.3 is 19.9 Å². The molecule has 0 saturated carbocycles. The van der Waals surface area contributed by atoms with E-state index in [-0.39, 0.29) is 5.91 Å². The summed E-state index contributed by atoms with van der Waals surface area (Å²) in [6.45, 7) is 4.40. The van der Waals surface area contributed by atoms with Crippen LogP contribution in [-0.2, 0) is 4.79 Å². The Labute approximate surface area is 165 Å². The van der Waals surface area contributed by atoms with E-state index in [1.54, 1.807) is 0 Å². The Balaban J connectivity index is 1.53. The summed E-state index contributed by atoms with van der Waals surface area (Å²) in [4.78, 5) is 17.0. The monoisotopic (exact) mass is 387 g/mol. The lowest BCUT2D eigenvalue weighted by molar-refractivity contribution is -0.116. The van der Waals surface area contributed by atoms with Gasteiger partial charge in [-0.05, 0) is 43.8 Å². The molecule has 0 atom stereocenters. The average molecular weight is 388 g/mol. The van der Waals surface area contributed by atoms with Gasteiger partial charge in [0, 0.05) is 37.6 Å². The van der Waals surface area contributed by atoms with Crippen molar-refractivity contribution in [3.05, 3.63) is 53.6 Å². The number of ether oxygens (including phenoxy) is 1. The molecule has 27 heavy (non-hydrogen) atoms. The second kappa shape index (κ2) is 9.62. The lowest BCUT2D eigenvalue weighted by Gasteiger charge is -2.35. The number of hydrogen-bond donors (Lipinski definition) is 1. The summed E-state index contributed by atoms with van der Waals surface area (Å²) in [5.74, 6) is 0.800. The van der Waals surface area contributed by atoms with Crippen molar-refractivity contribution in [3.63, 3.8) is 0 Å². The van der Waals surface area contributed by atoms with E-state index in [1.807, 2.05) is 48.5 Å². The molecular formula is C21H26ClN3O2. The van der Waals surface area contributed by atoms with Gasteiger partial charge >= 0.3 is 0 Å². The van der Waals surface area contributed by atoms with E-state index in [4.69, 9.17) is 16.3 Å². The largest absolute Gasteiger partial charge is 0.494 e. The first-order valence-corrected chi connectivity index (χ1v) is 9.70. The fourth-order valence-electron chi connectivity index (χ4n) is 3.08. The van der Waals surface area contributed by atoms with Gasteiger partial charge in [0.25, 0.3) is 0 Å². The normalized spacial score (nSPS) is 14.8. The quantitative estimate of drug-likeness (QED) is 0.732. The first-order chi connectivity index (χ1) is 13.1. The number of para-hydroxylation sites is 1. The standard InChI is InChI=1S/C21H26ClN3O2/c1-24-11-13-25(14-12-24)20-10-9-17(22)16-19(20)23-21(26)8-5-15-27-18-6-3-2-4-7-18/h2-4,6-7,9-10,16H,5,8,11-15H2,1H3,(H,23,26). The highest BCUT2D eigenvalue weighted by molar-refractivity contribution is 6.31. The van der Waals surface area contributed by atoms with Gasteiger partial charge in [-0.3, -0.25) is 4.79 Å². The molecule has 0 bridgehead atoms. The predicted octanol–water partition coefficient (Wildman–Crippen LogP) is 3.89. The van der Waals surface area contributed by atoms with E-state index in [1.165, 1.54) is 0 Å². The van der Waals surface area contributed by atoms with Crippen molar-refractivity contribution in [2.75, 3.05) is 50.1 Å². The predicted molar refractivity (Wildman–Crippen MR) is 111 cm³/mol. The zero-order valence-electron chi connectivity index (χ0n) is 15.7. The van der Waals surface area contributed by atoms with Crippen LogP contribution in [0.5, 0.6) is 5.75 Å². The Morgan fingerprint density at radius 1 is 1.11 bits per heavy atom. The number of carbonyl (C=O) groups excluding carboxylic acids is 1. The number of likely N-dealkylation sites (N-methyl/N-ethyl adjacent to an activating group) is 1. The third-order valence-corrected chi connectivity index (χ3v) is 4.87. The van der Waals surface area contributed by atoms with Crippen molar-refractivity contribution in [2.24, 2.45) is 0 Å². The first-order valence-electron chi connectivity index (χ1n) is 9.32. The lowest BCUT2D eigenvalue weighted by atomic mass is 10.2. The van der Waals surface area contributed by atoms with Gasteiger partial charge in [-0.15, -0.1) is 0 Å². The summed E-state index contributed by atoms with van der Waals surface area (Å²) in [7, 11) is 2.12. The van der Waals surface area contributed by atoms with Gasteiger partial charge in [-0.1, -0.05) is 29.8 Å². The van der Waals surface area contributed by atoms with Crippen LogP contribution in [0.25, 0.3) is 0 Å². The number of nitrogens with zero attached hydrogens (tertiary/aromatic N) is 2. The third-order valence-electron chi connectivity index (χ3n) is 4.64. The molecule has 0 aliphatic carbocycles. The molecule has 2 aromatic carbocycles. The number of halogens is 1. The molecule has 0 aromatic heterocycles. The van der Waals surface area contributed by atoms with Gasteiger partial charge in [-0.25, -0.2) is 0 Å². The minimum absolute atomic E-state index is 0.0238. The zero-order valence-corrected chi connectivity index (χ0v) is 16.4. The van der Waals surface area contributed by atoms with Crippen molar-refractivity contribution in [2.45, 2.75) is 12.8 Å². The molecule has 1 fully saturated rings. The molecule has 1 amide bonds. The molecule has 1 N–H and O–H groups in total. The van der Waals surface area contributed by atoms with E-state index in [2.05, 4.69) is 22.2 Å². The number of hydrogen-bond acceptors (Lipinski definition) is 4. The summed E-state index contributed by atoms with van der Waals surface area (Å²) in [5, 5.41) is 3.65. The summed E-state index contributed by atoms with van der Waals surface area (Å²) in [5.41, 5.74) is 1.81. The molecule has 144 valence electrons. The molecule has 0 spiro atoms. The molecule has 1 heterocycles. The van der Waals surface area contributed by atoms with E-state index < -0.39 is 0 Å². The van der Waals surface area contributed by atoms with E-state index >= 15 is 0 Å². The molecule has 1 saturated heterocycles. The van der Waals surface area contributed by atoms with Gasteiger partial charge in [0.15, 0.2) is 0 Å². The van der Waals surface area contributed by atoms with Gasteiger partial charge in [-0.2, -0.15) is 0 Å². The van der Waals surface area contributed by atoms with Crippen LogP contribution in [0.2, 0.25) is 5.02 Å². The summed E-state index contributed by atoms with van der Waals surface area (Å²) in [6.07, 6.45) is 1.06. The van der Waals surface area contributed by atoms with Crippen LogP contribution >= 0.6 is 11.6 Å². The van der Waals surface area contributed by atoms with Crippen LogP contribution in [0.3, 0.4) is 0 Å². The highest BCUT2D eigenvalue weighted by Crippen LogP contribution is 2.30. The number of rotatable bonds is 7. The molecule has 3 rings (SSSR count). The molecule has 5 nitrogen and oxygen atoms in total. The molecule has 2 aromatic rings. The van der Waals surface area contributed by atoms with Crippen molar-refractivity contribution in [1.29, 1.82) is 0 Å². The Hall–Kier alpha value is -2.24. The van der Waals surface area contributed by atoms with Crippen LogP contribution in [0.4, 0.5) is 11.4 Å². The number of piperazine rings is 1. The number of anilines is 2. The molecule has 6 heteroatoms. The van der Waals surface area contributed by atoms with Gasteiger partial charge in [0.05, 0.1) is 18.0 Å². The average Bonchev–Trinajstić information content (AvgIpc) is 2.67. The van der Waals surface area contributed by atoms with Crippen molar-refractivity contribution in [3.8, 4) is 5.75 Å². The highest BCUT2D eigenvalue weighted by atomic mass is 35.5. The minimum atomic E-state index is -0.0238. The fourth-order valence-corrected chi connectivity index (χ4v) is 3.26. The summed E-state index contributed by atoms with van der Waals surface area (Å²) >= 11 is 6.16. The van der Waals surface area contributed by atoms with Crippen LogP contribution in [0, 0.1) is 0 Å². The smallest absolute Gasteiger partial charge is 0.224 e. The third kappa shape index (κ3) is 5.88. The van der Waals surface area contributed by atoms with E-state index in [0.29, 0.717) is 24.5 Å². The molecular weight excluding hydrogens is 362 g/mol. The Morgan fingerprint density at radius 2 is 1.85 bits per heavy atom. The SMILES string of the molecule is CN1CCN(c2ccc(Cl)cc2NC(=O)CCCOc2ccccc2)CC1. The van der Waals surface area contributed by atoms with Crippen molar-refractivity contribution < 1.29 is 9.53 Å².